The van der Waals surface area contributed by atoms with E-state index in [1.54, 1.807) is 14.7 Å². The fraction of sp³-hybridized carbons (Fsp3) is 0.406. The summed E-state index contributed by atoms with van der Waals surface area (Å²) in [5, 5.41) is 9.40. The minimum absolute atomic E-state index is 0.00811. The number of hydrogen-bond acceptors (Lipinski definition) is 5. The first kappa shape index (κ1) is 26.5. The van der Waals surface area contributed by atoms with Gasteiger partial charge in [-0.25, -0.2) is 0 Å². The van der Waals surface area contributed by atoms with Gasteiger partial charge in [-0.3, -0.25) is 14.4 Å². The lowest BCUT2D eigenvalue weighted by molar-refractivity contribution is -0.148. The Kier molecular flexibility index (Phi) is 7.29. The molecule has 5 atom stereocenters. The Hall–Kier alpha value is -3.75. The molecule has 2 aromatic carbocycles. The standard InChI is InChI=1S/C32H35N3O5/c36-20-8-7-19-35-28-31(39)34(22-24-13-5-2-6-14-24)18-10-16-32(28)27(30(35)38)26-25(40-32)15-9-17-33(29(26)37)21-23-11-3-1-4-12-23/h1-6,9-16,25-28,36H,7-8,17-22H2/t25-,26+,27+,28?,32+/m1/s1. The highest BCUT2D eigenvalue weighted by Crippen LogP contribution is 2.53. The van der Waals surface area contributed by atoms with Gasteiger partial charge in [-0.05, 0) is 24.0 Å². The molecule has 4 heterocycles. The average Bonchev–Trinajstić information content (AvgIpc) is 3.29. The van der Waals surface area contributed by atoms with E-state index in [-0.39, 0.29) is 24.3 Å². The van der Waals surface area contributed by atoms with Crippen molar-refractivity contribution in [2.45, 2.75) is 43.7 Å². The van der Waals surface area contributed by atoms with Crippen molar-refractivity contribution >= 4 is 17.7 Å². The molecule has 40 heavy (non-hydrogen) atoms. The highest BCUT2D eigenvalue weighted by atomic mass is 16.5. The number of aliphatic hydroxyl groups is 1. The largest absolute Gasteiger partial charge is 0.396 e. The van der Waals surface area contributed by atoms with Crippen LogP contribution in [0.5, 0.6) is 0 Å². The SMILES string of the molecule is O=C1C2N(CCCCO)C(=O)[C@@H]3[C@H]4C(=O)N(Cc5ccccc5)CC=C[C@H]4O[C@]23C=CCN1Cc1ccccc1. The van der Waals surface area contributed by atoms with Gasteiger partial charge in [0.25, 0.3) is 0 Å². The monoisotopic (exact) mass is 541 g/mol. The van der Waals surface area contributed by atoms with Crippen LogP contribution >= 0.6 is 0 Å². The zero-order valence-electron chi connectivity index (χ0n) is 22.5. The number of carbonyl (C=O) groups excluding carboxylic acids is 3. The zero-order chi connectivity index (χ0) is 27.7. The minimum atomic E-state index is -1.23. The summed E-state index contributed by atoms with van der Waals surface area (Å²) in [5.74, 6) is -2.06. The van der Waals surface area contributed by atoms with Crippen LogP contribution in [0.25, 0.3) is 0 Å². The van der Waals surface area contributed by atoms with E-state index in [1.807, 2.05) is 85.0 Å². The summed E-state index contributed by atoms with van der Waals surface area (Å²) in [5.41, 5.74) is 0.780. The molecule has 2 saturated heterocycles. The minimum Gasteiger partial charge on any atom is -0.396 e. The van der Waals surface area contributed by atoms with E-state index >= 15 is 0 Å². The molecule has 1 spiro atoms. The third-order valence-corrected chi connectivity index (χ3v) is 8.57. The fourth-order valence-corrected chi connectivity index (χ4v) is 6.76. The molecule has 0 aromatic heterocycles. The number of carbonyl (C=O) groups is 3. The Balaban J connectivity index is 1.35. The Morgan fingerprint density at radius 3 is 2.08 bits per heavy atom. The van der Waals surface area contributed by atoms with Crippen molar-refractivity contribution in [3.8, 4) is 0 Å². The first-order valence-corrected chi connectivity index (χ1v) is 14.1. The Labute approximate surface area is 234 Å². The van der Waals surface area contributed by atoms with Gasteiger partial charge in [0.2, 0.25) is 17.7 Å². The van der Waals surface area contributed by atoms with Gasteiger partial charge in [-0.1, -0.05) is 85.0 Å². The summed E-state index contributed by atoms with van der Waals surface area (Å²) in [6.07, 6.45) is 8.11. The second-order valence-corrected chi connectivity index (χ2v) is 11.0. The molecule has 3 amide bonds. The van der Waals surface area contributed by atoms with Crippen molar-refractivity contribution in [3.63, 3.8) is 0 Å². The average molecular weight is 542 g/mol. The lowest BCUT2D eigenvalue weighted by Gasteiger charge is -2.35. The number of likely N-dealkylation sites (tertiary alicyclic amines) is 1. The normalized spacial score (nSPS) is 29.3. The van der Waals surface area contributed by atoms with Crippen molar-refractivity contribution in [1.29, 1.82) is 0 Å². The molecule has 1 unspecified atom stereocenters. The molecule has 1 N–H and O–H groups in total. The van der Waals surface area contributed by atoms with Crippen molar-refractivity contribution in [2.75, 3.05) is 26.2 Å². The fourth-order valence-electron chi connectivity index (χ4n) is 6.76. The lowest BCUT2D eigenvalue weighted by atomic mass is 9.77. The van der Waals surface area contributed by atoms with Crippen LogP contribution in [-0.2, 0) is 32.2 Å². The van der Waals surface area contributed by atoms with E-state index in [1.165, 1.54) is 0 Å². The molecule has 208 valence electrons. The molecular formula is C32H35N3O5. The van der Waals surface area contributed by atoms with Crippen molar-refractivity contribution in [3.05, 3.63) is 96.1 Å². The maximum Gasteiger partial charge on any atom is 0.249 e. The Morgan fingerprint density at radius 2 is 1.43 bits per heavy atom. The molecule has 0 saturated carbocycles. The molecule has 0 radical (unpaired) electrons. The number of aliphatic hydroxyl groups excluding tert-OH is 1. The molecular weight excluding hydrogens is 506 g/mol. The van der Waals surface area contributed by atoms with Crippen LogP contribution in [0.15, 0.2) is 85.0 Å². The van der Waals surface area contributed by atoms with Gasteiger partial charge in [0.1, 0.15) is 11.6 Å². The molecule has 8 nitrogen and oxygen atoms in total. The second-order valence-electron chi connectivity index (χ2n) is 11.0. The number of rotatable bonds is 8. The van der Waals surface area contributed by atoms with E-state index < -0.39 is 29.6 Å². The molecule has 2 aromatic rings. The van der Waals surface area contributed by atoms with Crippen LogP contribution < -0.4 is 0 Å². The summed E-state index contributed by atoms with van der Waals surface area (Å²) in [7, 11) is 0. The molecule has 4 aliphatic rings. The summed E-state index contributed by atoms with van der Waals surface area (Å²) in [4.78, 5) is 47.8. The van der Waals surface area contributed by atoms with Gasteiger partial charge in [-0.15, -0.1) is 0 Å². The number of hydrogen-bond donors (Lipinski definition) is 1. The Bertz CT molecular complexity index is 1310. The van der Waals surface area contributed by atoms with Gasteiger partial charge in [0, 0.05) is 39.3 Å². The van der Waals surface area contributed by atoms with E-state index in [9.17, 15) is 19.5 Å². The molecule has 2 fully saturated rings. The smallest absolute Gasteiger partial charge is 0.249 e. The van der Waals surface area contributed by atoms with Crippen LogP contribution in [0.2, 0.25) is 0 Å². The summed E-state index contributed by atoms with van der Waals surface area (Å²) >= 11 is 0. The highest BCUT2D eigenvalue weighted by molar-refractivity contribution is 5.99. The van der Waals surface area contributed by atoms with E-state index in [0.29, 0.717) is 45.6 Å². The topological polar surface area (TPSA) is 90.4 Å². The van der Waals surface area contributed by atoms with Crippen LogP contribution in [0.1, 0.15) is 24.0 Å². The van der Waals surface area contributed by atoms with E-state index in [4.69, 9.17) is 4.74 Å². The van der Waals surface area contributed by atoms with Crippen LogP contribution in [0.3, 0.4) is 0 Å². The third kappa shape index (κ3) is 4.55. The number of nitrogens with zero attached hydrogens (tertiary/aromatic N) is 3. The Morgan fingerprint density at radius 1 is 0.800 bits per heavy atom. The number of unbranched alkanes of at least 4 members (excludes halogenated alkanes) is 1. The second kappa shape index (κ2) is 11.0. The van der Waals surface area contributed by atoms with Crippen molar-refractivity contribution in [1.82, 2.24) is 14.7 Å². The molecule has 8 heteroatoms. The predicted octanol–water partition coefficient (Wildman–Crippen LogP) is 2.54. The van der Waals surface area contributed by atoms with E-state index in [0.717, 1.165) is 11.1 Å². The van der Waals surface area contributed by atoms with E-state index in [2.05, 4.69) is 0 Å². The van der Waals surface area contributed by atoms with Crippen LogP contribution in [0, 0.1) is 11.8 Å². The first-order chi connectivity index (χ1) is 19.5. The molecule has 4 aliphatic heterocycles. The summed E-state index contributed by atoms with van der Waals surface area (Å²) in [6, 6.07) is 18.7. The van der Waals surface area contributed by atoms with Crippen LogP contribution in [-0.4, -0.2) is 81.5 Å². The zero-order valence-corrected chi connectivity index (χ0v) is 22.5. The highest BCUT2D eigenvalue weighted by Gasteiger charge is 2.71. The number of amides is 3. The third-order valence-electron chi connectivity index (χ3n) is 8.57. The number of ether oxygens (including phenoxy) is 1. The molecule has 0 bridgehead atoms. The summed E-state index contributed by atoms with van der Waals surface area (Å²) in [6.45, 7) is 2.00. The van der Waals surface area contributed by atoms with Crippen molar-refractivity contribution < 1.29 is 24.2 Å². The van der Waals surface area contributed by atoms with Gasteiger partial charge >= 0.3 is 0 Å². The number of benzene rings is 2. The van der Waals surface area contributed by atoms with Gasteiger partial charge in [0.05, 0.1) is 17.9 Å². The predicted molar refractivity (Wildman–Crippen MR) is 148 cm³/mol. The molecule has 0 aliphatic carbocycles. The quantitative estimate of drug-likeness (QED) is 0.410. The van der Waals surface area contributed by atoms with Crippen molar-refractivity contribution in [2.24, 2.45) is 11.8 Å². The maximum absolute atomic E-state index is 14.3. The molecule has 6 rings (SSSR count). The van der Waals surface area contributed by atoms with Gasteiger partial charge < -0.3 is 24.5 Å². The summed E-state index contributed by atoms with van der Waals surface area (Å²) < 4.78 is 6.71. The van der Waals surface area contributed by atoms with Gasteiger partial charge in [0.15, 0.2) is 0 Å². The van der Waals surface area contributed by atoms with Crippen LogP contribution in [0.4, 0.5) is 0 Å². The van der Waals surface area contributed by atoms with Gasteiger partial charge in [-0.2, -0.15) is 0 Å². The number of fused-ring (bicyclic) bond motifs is 2. The maximum atomic E-state index is 14.3. The first-order valence-electron chi connectivity index (χ1n) is 14.1. The lowest BCUT2D eigenvalue weighted by Crippen LogP contribution is -2.55.